The molecule has 0 fully saturated rings. The lowest BCUT2D eigenvalue weighted by molar-refractivity contribution is 0.397. The maximum Gasteiger partial charge on any atom is 0.155 e. The first-order valence-corrected chi connectivity index (χ1v) is 6.29. The Morgan fingerprint density at radius 3 is 2.22 bits per heavy atom. The number of aromatic nitrogens is 2. The average Bonchev–Trinajstić information content (AvgIpc) is 2.87. The van der Waals surface area contributed by atoms with E-state index in [0.29, 0.717) is 11.5 Å². The number of hydrogen-bond acceptors (Lipinski definition) is 6. The van der Waals surface area contributed by atoms with Crippen LogP contribution in [-0.2, 0) is 0 Å². The number of benzene rings is 1. The molecule has 0 saturated heterocycles. The van der Waals surface area contributed by atoms with Crippen LogP contribution in [0.3, 0.4) is 0 Å². The minimum atomic E-state index is -0.128. The van der Waals surface area contributed by atoms with E-state index in [4.69, 9.17) is 15.2 Å². The summed E-state index contributed by atoms with van der Waals surface area (Å²) in [6.07, 6.45) is 0. The van der Waals surface area contributed by atoms with Gasteiger partial charge in [-0.15, -0.1) is 10.2 Å². The molecule has 1 aromatic heterocycles. The van der Waals surface area contributed by atoms with Crippen LogP contribution in [-0.4, -0.2) is 24.4 Å². The summed E-state index contributed by atoms with van der Waals surface area (Å²) in [5.41, 5.74) is 6.60. The summed E-state index contributed by atoms with van der Waals surface area (Å²) < 4.78 is 10.7. The van der Waals surface area contributed by atoms with Crippen molar-refractivity contribution < 1.29 is 9.47 Å². The zero-order chi connectivity index (χ0) is 13.1. The molecule has 1 unspecified atom stereocenters. The summed E-state index contributed by atoms with van der Waals surface area (Å²) in [5, 5.41) is 9.77. The van der Waals surface area contributed by atoms with Crippen LogP contribution in [0.25, 0.3) is 10.6 Å². The number of hydrogen-bond donors (Lipinski definition) is 1. The van der Waals surface area contributed by atoms with Crippen LogP contribution in [0.4, 0.5) is 0 Å². The van der Waals surface area contributed by atoms with Gasteiger partial charge in [-0.25, -0.2) is 0 Å². The Morgan fingerprint density at radius 1 is 1.17 bits per heavy atom. The van der Waals surface area contributed by atoms with Crippen LogP contribution in [0.5, 0.6) is 11.5 Å². The molecule has 2 N–H and O–H groups in total. The molecule has 0 aliphatic carbocycles. The molecule has 0 aliphatic rings. The van der Waals surface area contributed by atoms with Crippen molar-refractivity contribution in [3.05, 3.63) is 23.2 Å². The van der Waals surface area contributed by atoms with Crippen LogP contribution in [0.15, 0.2) is 18.2 Å². The third kappa shape index (κ3) is 2.30. The van der Waals surface area contributed by atoms with Crippen LogP contribution in [0, 0.1) is 0 Å². The van der Waals surface area contributed by atoms with Crippen LogP contribution >= 0.6 is 11.3 Å². The van der Waals surface area contributed by atoms with Gasteiger partial charge in [-0.1, -0.05) is 17.4 Å². The van der Waals surface area contributed by atoms with Gasteiger partial charge in [-0.05, 0) is 19.1 Å². The van der Waals surface area contributed by atoms with Gasteiger partial charge in [-0.3, -0.25) is 0 Å². The summed E-state index contributed by atoms with van der Waals surface area (Å²) in [4.78, 5) is 0. The first-order chi connectivity index (χ1) is 8.67. The van der Waals surface area contributed by atoms with Gasteiger partial charge in [-0.2, -0.15) is 0 Å². The zero-order valence-corrected chi connectivity index (χ0v) is 11.3. The second-order valence-corrected chi connectivity index (χ2v) is 4.78. The van der Waals surface area contributed by atoms with Crippen molar-refractivity contribution in [2.45, 2.75) is 13.0 Å². The van der Waals surface area contributed by atoms with Crippen molar-refractivity contribution in [1.82, 2.24) is 10.2 Å². The topological polar surface area (TPSA) is 70.3 Å². The molecule has 2 rings (SSSR count). The lowest BCUT2D eigenvalue weighted by Gasteiger charge is -2.10. The summed E-state index contributed by atoms with van der Waals surface area (Å²) in [6.45, 7) is 1.88. The Hall–Kier alpha value is -1.66. The Bertz CT molecular complexity index is 518. The van der Waals surface area contributed by atoms with Crippen LogP contribution in [0.2, 0.25) is 0 Å². The third-order valence-electron chi connectivity index (χ3n) is 2.47. The van der Waals surface area contributed by atoms with Crippen LogP contribution in [0.1, 0.15) is 18.0 Å². The lowest BCUT2D eigenvalue weighted by atomic mass is 10.2. The van der Waals surface area contributed by atoms with Crippen molar-refractivity contribution in [1.29, 1.82) is 0 Å². The van der Waals surface area contributed by atoms with E-state index in [0.717, 1.165) is 15.6 Å². The van der Waals surface area contributed by atoms with Crippen molar-refractivity contribution in [2.75, 3.05) is 14.2 Å². The Labute approximate surface area is 110 Å². The van der Waals surface area contributed by atoms with Gasteiger partial charge in [0.1, 0.15) is 16.5 Å². The number of ether oxygens (including phenoxy) is 2. The molecule has 96 valence electrons. The van der Waals surface area contributed by atoms with E-state index in [1.165, 1.54) is 11.3 Å². The largest absolute Gasteiger partial charge is 0.496 e. The van der Waals surface area contributed by atoms with Gasteiger partial charge in [0.15, 0.2) is 5.01 Å². The molecule has 1 heterocycles. The Kier molecular flexibility index (Phi) is 3.78. The second kappa shape index (κ2) is 5.32. The fourth-order valence-corrected chi connectivity index (χ4v) is 2.43. The molecule has 5 nitrogen and oxygen atoms in total. The van der Waals surface area contributed by atoms with E-state index < -0.39 is 0 Å². The average molecular weight is 265 g/mol. The van der Waals surface area contributed by atoms with Gasteiger partial charge in [0.25, 0.3) is 0 Å². The summed E-state index contributed by atoms with van der Waals surface area (Å²) in [6, 6.07) is 5.47. The van der Waals surface area contributed by atoms with E-state index in [1.54, 1.807) is 14.2 Å². The summed E-state index contributed by atoms with van der Waals surface area (Å²) in [5.74, 6) is 1.42. The molecule has 18 heavy (non-hydrogen) atoms. The summed E-state index contributed by atoms with van der Waals surface area (Å²) >= 11 is 1.45. The SMILES string of the molecule is COc1cccc(OC)c1-c1nnc(C(C)N)s1. The maximum atomic E-state index is 5.79. The van der Waals surface area contributed by atoms with E-state index in [-0.39, 0.29) is 6.04 Å². The molecule has 0 spiro atoms. The predicted molar refractivity (Wildman–Crippen MR) is 71.1 cm³/mol. The number of nitrogens with zero attached hydrogens (tertiary/aromatic N) is 2. The molecule has 2 aromatic rings. The van der Waals surface area contributed by atoms with Gasteiger partial charge in [0, 0.05) is 0 Å². The minimum absolute atomic E-state index is 0.128. The van der Waals surface area contributed by atoms with Gasteiger partial charge < -0.3 is 15.2 Å². The first kappa shape index (κ1) is 12.8. The highest BCUT2D eigenvalue weighted by atomic mass is 32.1. The van der Waals surface area contributed by atoms with Crippen molar-refractivity contribution in [2.24, 2.45) is 5.73 Å². The highest BCUT2D eigenvalue weighted by molar-refractivity contribution is 7.14. The highest BCUT2D eigenvalue weighted by Crippen LogP contribution is 2.39. The standard InChI is InChI=1S/C12H15N3O2S/c1-7(13)11-14-15-12(18-11)10-8(16-2)5-4-6-9(10)17-3/h4-7H,13H2,1-3H3. The highest BCUT2D eigenvalue weighted by Gasteiger charge is 2.17. The number of nitrogens with two attached hydrogens (primary N) is 1. The smallest absolute Gasteiger partial charge is 0.155 e. The maximum absolute atomic E-state index is 5.79. The number of rotatable bonds is 4. The molecule has 0 saturated carbocycles. The van der Waals surface area contributed by atoms with E-state index >= 15 is 0 Å². The Morgan fingerprint density at radius 2 is 1.78 bits per heavy atom. The third-order valence-corrected chi connectivity index (χ3v) is 3.61. The quantitative estimate of drug-likeness (QED) is 0.918. The molecule has 0 radical (unpaired) electrons. The van der Waals surface area contributed by atoms with Gasteiger partial charge in [0.2, 0.25) is 0 Å². The molecule has 0 amide bonds. The fourth-order valence-electron chi connectivity index (χ4n) is 1.58. The predicted octanol–water partition coefficient (Wildman–Crippen LogP) is 2.24. The first-order valence-electron chi connectivity index (χ1n) is 5.47. The zero-order valence-electron chi connectivity index (χ0n) is 10.5. The second-order valence-electron chi connectivity index (χ2n) is 3.77. The minimum Gasteiger partial charge on any atom is -0.496 e. The molecule has 1 aromatic carbocycles. The van der Waals surface area contributed by atoms with Gasteiger partial charge >= 0.3 is 0 Å². The number of methoxy groups -OCH3 is 2. The fraction of sp³-hybridized carbons (Fsp3) is 0.333. The molecule has 0 bridgehead atoms. The molecule has 6 heteroatoms. The van der Waals surface area contributed by atoms with E-state index in [9.17, 15) is 0 Å². The van der Waals surface area contributed by atoms with Crippen molar-refractivity contribution >= 4 is 11.3 Å². The molecular weight excluding hydrogens is 250 g/mol. The van der Waals surface area contributed by atoms with Gasteiger partial charge in [0.05, 0.1) is 25.8 Å². The monoisotopic (exact) mass is 265 g/mol. The Balaban J connectivity index is 2.54. The lowest BCUT2D eigenvalue weighted by Crippen LogP contribution is -2.03. The molecular formula is C12H15N3O2S. The molecule has 0 aliphatic heterocycles. The van der Waals surface area contributed by atoms with Crippen molar-refractivity contribution in [3.8, 4) is 22.1 Å². The van der Waals surface area contributed by atoms with Crippen LogP contribution < -0.4 is 15.2 Å². The van der Waals surface area contributed by atoms with E-state index in [2.05, 4.69) is 10.2 Å². The molecule has 1 atom stereocenters. The van der Waals surface area contributed by atoms with E-state index in [1.807, 2.05) is 25.1 Å². The normalized spacial score (nSPS) is 12.2. The summed E-state index contributed by atoms with van der Waals surface area (Å²) in [7, 11) is 3.23. The van der Waals surface area contributed by atoms with Crippen molar-refractivity contribution in [3.63, 3.8) is 0 Å².